The highest BCUT2D eigenvalue weighted by Crippen LogP contribution is 2.21. The number of hydrazine groups is 1. The molecule has 0 aromatic heterocycles. The molecule has 1 saturated carbocycles. The van der Waals surface area contributed by atoms with Crippen LogP contribution in [-0.2, 0) is 4.74 Å². The molecule has 2 fully saturated rings. The molecule has 1 aliphatic heterocycles. The molecule has 1 aliphatic carbocycles. The van der Waals surface area contributed by atoms with Crippen LogP contribution in [0.1, 0.15) is 32.1 Å². The molecule has 0 aromatic carbocycles. The Kier molecular flexibility index (Phi) is 4.42. The molecular weight excluding hydrogens is 204 g/mol. The molecule has 5 heteroatoms. The minimum absolute atomic E-state index is 0.468. The fourth-order valence-electron chi connectivity index (χ4n) is 2.37. The van der Waals surface area contributed by atoms with Crippen molar-refractivity contribution in [1.29, 1.82) is 0 Å². The van der Waals surface area contributed by atoms with Gasteiger partial charge in [-0.3, -0.25) is 5.43 Å². The molecule has 16 heavy (non-hydrogen) atoms. The van der Waals surface area contributed by atoms with Crippen LogP contribution < -0.4 is 11.3 Å². The first-order valence-electron chi connectivity index (χ1n) is 6.27. The molecule has 0 amide bonds. The molecule has 5 nitrogen and oxygen atoms in total. The minimum atomic E-state index is 0.468. The van der Waals surface area contributed by atoms with Gasteiger partial charge in [-0.1, -0.05) is 12.8 Å². The Labute approximate surface area is 97.0 Å². The maximum atomic E-state index is 5.57. The standard InChI is InChI=1S/C11H22N4O/c12-14-11(13-10-4-1-2-5-10)15-6-3-8-16-9-7-15/h10H,1-9,12H2,(H,13,14). The lowest BCUT2D eigenvalue weighted by Crippen LogP contribution is -2.46. The van der Waals surface area contributed by atoms with Crippen molar-refractivity contribution >= 4 is 5.96 Å². The van der Waals surface area contributed by atoms with Gasteiger partial charge >= 0.3 is 0 Å². The molecule has 0 unspecified atom stereocenters. The van der Waals surface area contributed by atoms with E-state index in [1.165, 1.54) is 25.7 Å². The van der Waals surface area contributed by atoms with Gasteiger partial charge in [0.15, 0.2) is 0 Å². The second-order valence-electron chi connectivity index (χ2n) is 4.49. The zero-order valence-corrected chi connectivity index (χ0v) is 9.82. The molecule has 1 saturated heterocycles. The van der Waals surface area contributed by atoms with Gasteiger partial charge in [0.05, 0.1) is 12.6 Å². The van der Waals surface area contributed by atoms with E-state index in [0.29, 0.717) is 6.04 Å². The van der Waals surface area contributed by atoms with Crippen molar-refractivity contribution in [3.63, 3.8) is 0 Å². The van der Waals surface area contributed by atoms with Gasteiger partial charge in [0.1, 0.15) is 0 Å². The fraction of sp³-hybridized carbons (Fsp3) is 0.909. The third-order valence-electron chi connectivity index (χ3n) is 3.28. The average Bonchev–Trinajstić information content (AvgIpc) is 2.67. The van der Waals surface area contributed by atoms with Gasteiger partial charge in [0, 0.05) is 19.7 Å². The Morgan fingerprint density at radius 1 is 1.19 bits per heavy atom. The quantitative estimate of drug-likeness (QED) is 0.295. The first-order chi connectivity index (χ1) is 7.90. The predicted octanol–water partition coefficient (Wildman–Crippen LogP) is 0.471. The summed E-state index contributed by atoms with van der Waals surface area (Å²) in [4.78, 5) is 6.91. The van der Waals surface area contributed by atoms with Crippen LogP contribution in [-0.4, -0.2) is 43.2 Å². The molecule has 0 bridgehead atoms. The molecule has 2 aliphatic rings. The Bertz CT molecular complexity index is 230. The Hall–Kier alpha value is -0.810. The van der Waals surface area contributed by atoms with Gasteiger partial charge in [-0.25, -0.2) is 10.8 Å². The highest BCUT2D eigenvalue weighted by Gasteiger charge is 2.18. The maximum Gasteiger partial charge on any atom is 0.208 e. The van der Waals surface area contributed by atoms with Gasteiger partial charge in [0.25, 0.3) is 0 Å². The van der Waals surface area contributed by atoms with Crippen molar-refractivity contribution in [2.75, 3.05) is 26.3 Å². The molecule has 2 rings (SSSR count). The van der Waals surface area contributed by atoms with Crippen molar-refractivity contribution in [2.24, 2.45) is 10.8 Å². The highest BCUT2D eigenvalue weighted by atomic mass is 16.5. The summed E-state index contributed by atoms with van der Waals surface area (Å²) in [6, 6.07) is 0.468. The number of aliphatic imine (C=N–C) groups is 1. The van der Waals surface area contributed by atoms with Crippen LogP contribution in [0.15, 0.2) is 4.99 Å². The smallest absolute Gasteiger partial charge is 0.208 e. The number of nitrogens with two attached hydrogens (primary N) is 1. The zero-order valence-electron chi connectivity index (χ0n) is 9.82. The molecular formula is C11H22N4O. The van der Waals surface area contributed by atoms with Crippen LogP contribution >= 0.6 is 0 Å². The second kappa shape index (κ2) is 6.06. The summed E-state index contributed by atoms with van der Waals surface area (Å²) in [7, 11) is 0. The summed E-state index contributed by atoms with van der Waals surface area (Å²) >= 11 is 0. The van der Waals surface area contributed by atoms with E-state index in [1.807, 2.05) is 0 Å². The lowest BCUT2D eigenvalue weighted by atomic mass is 10.3. The number of guanidine groups is 1. The first kappa shape index (κ1) is 11.7. The fourth-order valence-corrected chi connectivity index (χ4v) is 2.37. The van der Waals surface area contributed by atoms with Crippen LogP contribution in [0.3, 0.4) is 0 Å². The SMILES string of the molecule is NNC(=NC1CCCC1)N1CCCOCC1. The van der Waals surface area contributed by atoms with E-state index in [-0.39, 0.29) is 0 Å². The van der Waals surface area contributed by atoms with Gasteiger partial charge in [-0.2, -0.15) is 0 Å². The van der Waals surface area contributed by atoms with Crippen molar-refractivity contribution in [2.45, 2.75) is 38.1 Å². The summed E-state index contributed by atoms with van der Waals surface area (Å²) in [6.45, 7) is 3.48. The number of hydrogen-bond donors (Lipinski definition) is 2. The van der Waals surface area contributed by atoms with E-state index in [1.54, 1.807) is 0 Å². The van der Waals surface area contributed by atoms with E-state index >= 15 is 0 Å². The molecule has 1 heterocycles. The van der Waals surface area contributed by atoms with Crippen molar-refractivity contribution in [3.05, 3.63) is 0 Å². The van der Waals surface area contributed by atoms with Crippen molar-refractivity contribution in [3.8, 4) is 0 Å². The Morgan fingerprint density at radius 3 is 2.75 bits per heavy atom. The average molecular weight is 226 g/mol. The lowest BCUT2D eigenvalue weighted by molar-refractivity contribution is 0.147. The molecule has 0 radical (unpaired) electrons. The molecule has 0 spiro atoms. The Morgan fingerprint density at radius 2 is 2.00 bits per heavy atom. The summed E-state index contributed by atoms with van der Waals surface area (Å²) in [5.41, 5.74) is 2.75. The first-order valence-corrected chi connectivity index (χ1v) is 6.27. The minimum Gasteiger partial charge on any atom is -0.380 e. The van der Waals surface area contributed by atoms with Gasteiger partial charge < -0.3 is 9.64 Å². The molecule has 3 N–H and O–H groups in total. The number of hydrogen-bond acceptors (Lipinski definition) is 3. The van der Waals surface area contributed by atoms with E-state index in [4.69, 9.17) is 15.6 Å². The number of nitrogens with one attached hydrogen (secondary N) is 1. The van der Waals surface area contributed by atoms with E-state index in [9.17, 15) is 0 Å². The predicted molar refractivity (Wildman–Crippen MR) is 64.0 cm³/mol. The summed E-state index contributed by atoms with van der Waals surface area (Å²) < 4.78 is 5.42. The maximum absolute atomic E-state index is 5.57. The van der Waals surface area contributed by atoms with Crippen LogP contribution in [0.25, 0.3) is 0 Å². The Balaban J connectivity index is 1.95. The largest absolute Gasteiger partial charge is 0.380 e. The number of ether oxygens (including phenoxy) is 1. The molecule has 0 atom stereocenters. The third kappa shape index (κ3) is 3.09. The summed E-state index contributed by atoms with van der Waals surface area (Å²) in [5.74, 6) is 6.41. The van der Waals surface area contributed by atoms with Crippen LogP contribution in [0.5, 0.6) is 0 Å². The van der Waals surface area contributed by atoms with Gasteiger partial charge in [-0.05, 0) is 19.3 Å². The molecule has 0 aromatic rings. The van der Waals surface area contributed by atoms with E-state index < -0.39 is 0 Å². The number of nitrogens with zero attached hydrogens (tertiary/aromatic N) is 2. The topological polar surface area (TPSA) is 62.9 Å². The van der Waals surface area contributed by atoms with Crippen LogP contribution in [0.2, 0.25) is 0 Å². The van der Waals surface area contributed by atoms with Crippen molar-refractivity contribution < 1.29 is 4.74 Å². The zero-order chi connectivity index (χ0) is 11.2. The third-order valence-corrected chi connectivity index (χ3v) is 3.28. The summed E-state index contributed by atoms with van der Waals surface area (Å²) in [5, 5.41) is 0. The number of rotatable bonds is 1. The van der Waals surface area contributed by atoms with Crippen LogP contribution in [0.4, 0.5) is 0 Å². The van der Waals surface area contributed by atoms with Crippen LogP contribution in [0, 0.1) is 0 Å². The summed E-state index contributed by atoms with van der Waals surface area (Å²) in [6.07, 6.45) is 6.06. The lowest BCUT2D eigenvalue weighted by Gasteiger charge is -2.23. The van der Waals surface area contributed by atoms with E-state index in [2.05, 4.69) is 10.3 Å². The van der Waals surface area contributed by atoms with Crippen molar-refractivity contribution in [1.82, 2.24) is 10.3 Å². The second-order valence-corrected chi connectivity index (χ2v) is 4.49. The van der Waals surface area contributed by atoms with Gasteiger partial charge in [0.2, 0.25) is 5.96 Å². The van der Waals surface area contributed by atoms with Gasteiger partial charge in [-0.15, -0.1) is 0 Å². The molecule has 92 valence electrons. The normalized spacial score (nSPS) is 24.6. The highest BCUT2D eigenvalue weighted by molar-refractivity contribution is 5.79. The van der Waals surface area contributed by atoms with E-state index in [0.717, 1.165) is 38.7 Å². The monoisotopic (exact) mass is 226 g/mol.